The van der Waals surface area contributed by atoms with Crippen LogP contribution >= 0.6 is 11.3 Å². The molecule has 3 heterocycles. The van der Waals surface area contributed by atoms with Gasteiger partial charge in [-0.15, -0.1) is 0 Å². The summed E-state index contributed by atoms with van der Waals surface area (Å²) in [5.74, 6) is 0.487. The van der Waals surface area contributed by atoms with Crippen LogP contribution in [0.2, 0.25) is 0 Å². The predicted octanol–water partition coefficient (Wildman–Crippen LogP) is 3.52. The zero-order valence-electron chi connectivity index (χ0n) is 19.6. The lowest BCUT2D eigenvalue weighted by Crippen LogP contribution is -2.35. The summed E-state index contributed by atoms with van der Waals surface area (Å²) in [7, 11) is -1.19. The highest BCUT2D eigenvalue weighted by molar-refractivity contribution is 7.90. The highest BCUT2D eigenvalue weighted by Gasteiger charge is 2.23. The fourth-order valence-electron chi connectivity index (χ4n) is 3.78. The van der Waals surface area contributed by atoms with E-state index in [1.807, 2.05) is 12.1 Å². The Morgan fingerprint density at radius 3 is 2.68 bits per heavy atom. The topological polar surface area (TPSA) is 112 Å². The third-order valence-electron chi connectivity index (χ3n) is 5.42. The van der Waals surface area contributed by atoms with Crippen LogP contribution in [0.4, 0.5) is 21.0 Å². The Morgan fingerprint density at radius 2 is 2.12 bits per heavy atom. The van der Waals surface area contributed by atoms with Crippen LogP contribution in [-0.2, 0) is 9.84 Å². The lowest BCUT2D eigenvalue weighted by atomic mass is 9.99. The largest absolute Gasteiger partial charge is 0.370 e. The Morgan fingerprint density at radius 1 is 1.38 bits per heavy atom. The summed E-state index contributed by atoms with van der Waals surface area (Å²) >= 11 is 1.31. The van der Waals surface area contributed by atoms with Gasteiger partial charge in [-0.3, -0.25) is 9.98 Å². The van der Waals surface area contributed by atoms with Crippen molar-refractivity contribution in [3.05, 3.63) is 40.9 Å². The van der Waals surface area contributed by atoms with Gasteiger partial charge in [-0.25, -0.2) is 22.8 Å². The molecule has 34 heavy (non-hydrogen) atoms. The van der Waals surface area contributed by atoms with Crippen molar-refractivity contribution < 1.29 is 12.8 Å². The van der Waals surface area contributed by atoms with E-state index in [-0.39, 0.29) is 24.1 Å². The molecule has 0 aliphatic carbocycles. The number of hydrogen-bond donors (Lipinski definition) is 2. The lowest BCUT2D eigenvalue weighted by molar-refractivity contribution is 0.436. The minimum absolute atomic E-state index is 0.114. The Hall–Kier alpha value is -2.86. The zero-order valence-corrected chi connectivity index (χ0v) is 21.2. The molecule has 2 N–H and O–H groups in total. The molecule has 2 aromatic rings. The molecule has 3 rings (SSSR count). The number of rotatable bonds is 10. The third kappa shape index (κ3) is 7.07. The third-order valence-corrected chi connectivity index (χ3v) is 7.68. The van der Waals surface area contributed by atoms with E-state index in [0.717, 1.165) is 37.8 Å². The molecule has 0 atom stereocenters. The predicted molar refractivity (Wildman–Crippen MR) is 139 cm³/mol. The highest BCUT2D eigenvalue weighted by Crippen LogP contribution is 2.27. The van der Waals surface area contributed by atoms with Gasteiger partial charge in [-0.1, -0.05) is 11.3 Å². The van der Waals surface area contributed by atoms with E-state index in [0.29, 0.717) is 21.5 Å². The molecule has 0 spiro atoms. The van der Waals surface area contributed by atoms with E-state index in [9.17, 15) is 12.8 Å². The number of nitrogens with zero attached hydrogens (tertiary/aromatic N) is 5. The maximum absolute atomic E-state index is 14.6. The first-order chi connectivity index (χ1) is 16.2. The molecular weight excluding hydrogens is 477 g/mol. The number of thiazole rings is 1. The minimum atomic E-state index is -2.95. The van der Waals surface area contributed by atoms with Crippen LogP contribution < -0.4 is 15.5 Å². The molecule has 1 saturated heterocycles. The van der Waals surface area contributed by atoms with Crippen LogP contribution in [0.15, 0.2) is 40.3 Å². The number of aliphatic imine (C=N–C) groups is 2. The van der Waals surface area contributed by atoms with E-state index >= 15 is 0 Å². The standard InChI is InChI=1S/C22H30FN7O2S2/c1-15-21(33-22(25-3)29-15)20(18(23)12-24-2)28-14-27-19-6-5-17(11-26-19)30-9-7-16(8-10-30)13-34(4,31)32/h5-6,11-12,16H,2,7-10,13-14H2,1,3-4H3,(H,25,29)(H,26,27)/b18-12+,28-20+. The molecule has 0 bridgehead atoms. The van der Waals surface area contributed by atoms with Gasteiger partial charge in [-0.05, 0) is 44.5 Å². The van der Waals surface area contributed by atoms with Gasteiger partial charge in [0.15, 0.2) is 11.0 Å². The maximum atomic E-state index is 14.6. The van der Waals surface area contributed by atoms with Crippen LogP contribution in [0.3, 0.4) is 0 Å². The van der Waals surface area contributed by atoms with E-state index in [1.54, 1.807) is 20.2 Å². The summed E-state index contributed by atoms with van der Waals surface area (Å²) in [5.41, 5.74) is 1.81. The first-order valence-corrected chi connectivity index (χ1v) is 13.7. The molecule has 9 nitrogen and oxygen atoms in total. The molecule has 184 valence electrons. The number of nitrogens with one attached hydrogen (secondary N) is 2. The van der Waals surface area contributed by atoms with Crippen LogP contribution in [0, 0.1) is 12.8 Å². The van der Waals surface area contributed by atoms with Crippen molar-refractivity contribution in [2.24, 2.45) is 15.9 Å². The molecule has 1 aliphatic rings. The number of aryl methyl sites for hydroxylation is 1. The van der Waals surface area contributed by atoms with E-state index < -0.39 is 15.7 Å². The fraction of sp³-hybridized carbons (Fsp3) is 0.455. The molecule has 0 radical (unpaired) electrons. The number of aromatic nitrogens is 2. The van der Waals surface area contributed by atoms with Gasteiger partial charge in [0.25, 0.3) is 0 Å². The number of anilines is 3. The van der Waals surface area contributed by atoms with Crippen LogP contribution in [0.1, 0.15) is 23.4 Å². The summed E-state index contributed by atoms with van der Waals surface area (Å²) in [4.78, 5) is 19.5. The molecule has 1 fully saturated rings. The van der Waals surface area contributed by atoms with Gasteiger partial charge in [-0.2, -0.15) is 0 Å². The van der Waals surface area contributed by atoms with Gasteiger partial charge in [0.2, 0.25) is 0 Å². The average Bonchev–Trinajstić information content (AvgIpc) is 3.17. The number of piperidine rings is 1. The van der Waals surface area contributed by atoms with Gasteiger partial charge in [0, 0.05) is 26.4 Å². The highest BCUT2D eigenvalue weighted by atomic mass is 32.2. The van der Waals surface area contributed by atoms with Crippen LogP contribution in [0.25, 0.3) is 0 Å². The van der Waals surface area contributed by atoms with Gasteiger partial charge < -0.3 is 15.5 Å². The summed E-state index contributed by atoms with van der Waals surface area (Å²) in [6.07, 6.45) is 5.79. The Balaban J connectivity index is 1.63. The second-order valence-corrected chi connectivity index (χ2v) is 11.3. The number of pyridine rings is 1. The molecule has 0 amide bonds. The summed E-state index contributed by atoms with van der Waals surface area (Å²) < 4.78 is 37.7. The quantitative estimate of drug-likeness (QED) is 0.473. The molecular formula is C22H30FN7O2S2. The first kappa shape index (κ1) is 25.8. The molecule has 0 unspecified atom stereocenters. The SMILES string of the molecule is C=N/C=C(F)\C(=N/CNc1ccc(N2CCC(CS(C)(=O)=O)CC2)cn1)c1sc(NC)nc1C. The minimum Gasteiger partial charge on any atom is -0.370 e. The average molecular weight is 508 g/mol. The van der Waals surface area contributed by atoms with Crippen molar-refractivity contribution in [2.45, 2.75) is 19.8 Å². The fourth-order valence-corrected chi connectivity index (χ4v) is 5.90. The smallest absolute Gasteiger partial charge is 0.183 e. The lowest BCUT2D eigenvalue weighted by Gasteiger charge is -2.33. The monoisotopic (exact) mass is 507 g/mol. The van der Waals surface area contributed by atoms with E-state index in [2.05, 4.69) is 42.2 Å². The number of allylic oxidation sites excluding steroid dienone is 1. The summed E-state index contributed by atoms with van der Waals surface area (Å²) in [6.45, 7) is 6.83. The van der Waals surface area contributed by atoms with Crippen molar-refractivity contribution in [3.8, 4) is 0 Å². The molecule has 1 aliphatic heterocycles. The Labute approximate surface area is 203 Å². The summed E-state index contributed by atoms with van der Waals surface area (Å²) in [5, 5.41) is 6.72. The molecule has 2 aromatic heterocycles. The number of sulfone groups is 1. The van der Waals surface area contributed by atoms with Gasteiger partial charge >= 0.3 is 0 Å². The van der Waals surface area contributed by atoms with Gasteiger partial charge in [0.05, 0.1) is 34.4 Å². The molecule has 0 aromatic carbocycles. The first-order valence-electron chi connectivity index (χ1n) is 10.8. The second kappa shape index (κ2) is 11.5. The van der Waals surface area contributed by atoms with Crippen molar-refractivity contribution in [1.82, 2.24) is 9.97 Å². The van der Waals surface area contributed by atoms with Crippen LogP contribution in [-0.4, -0.2) is 69.6 Å². The summed E-state index contributed by atoms with van der Waals surface area (Å²) in [6, 6.07) is 3.81. The van der Waals surface area contributed by atoms with E-state index in [1.165, 1.54) is 17.6 Å². The second-order valence-electron chi connectivity index (χ2n) is 8.11. The Kier molecular flexibility index (Phi) is 8.72. The van der Waals surface area contributed by atoms with Crippen molar-refractivity contribution >= 4 is 50.2 Å². The molecule has 0 saturated carbocycles. The zero-order chi connectivity index (χ0) is 24.7. The number of hydrogen-bond acceptors (Lipinski definition) is 10. The number of halogens is 1. The Bertz CT molecular complexity index is 1150. The molecule has 12 heteroatoms. The van der Waals surface area contributed by atoms with Gasteiger partial charge in [0.1, 0.15) is 28.0 Å². The normalized spacial score (nSPS) is 15.9. The van der Waals surface area contributed by atoms with Crippen LogP contribution in [0.5, 0.6) is 0 Å². The van der Waals surface area contributed by atoms with Crippen molar-refractivity contribution in [1.29, 1.82) is 0 Å². The van der Waals surface area contributed by atoms with Crippen molar-refractivity contribution in [2.75, 3.05) is 54.3 Å². The van der Waals surface area contributed by atoms with E-state index in [4.69, 9.17) is 0 Å². The maximum Gasteiger partial charge on any atom is 0.183 e. The van der Waals surface area contributed by atoms with Crippen molar-refractivity contribution in [3.63, 3.8) is 0 Å².